The third kappa shape index (κ3) is 4.18. The molecule has 0 saturated carbocycles. The number of aromatic amines is 1. The van der Waals surface area contributed by atoms with Crippen LogP contribution >= 0.6 is 0 Å². The summed E-state index contributed by atoms with van der Waals surface area (Å²) in [5.74, 6) is 0.278. The number of carbonyl (C=O) groups excluding carboxylic acids is 1. The summed E-state index contributed by atoms with van der Waals surface area (Å²) in [5.41, 5.74) is 2.86. The van der Waals surface area contributed by atoms with Gasteiger partial charge in [0.1, 0.15) is 11.8 Å². The normalized spacial score (nSPS) is 17.9. The number of nitrogens with zero attached hydrogens (tertiary/aromatic N) is 2. The lowest BCUT2D eigenvalue weighted by Gasteiger charge is -2.23. The molecule has 128 valence electrons. The second-order valence-electron chi connectivity index (χ2n) is 6.36. The second kappa shape index (κ2) is 7.55. The molecule has 7 heteroatoms. The number of nitrogens with one attached hydrogen (secondary N) is 3. The minimum Gasteiger partial charge on any atom is -0.369 e. The van der Waals surface area contributed by atoms with Gasteiger partial charge in [-0.15, -0.1) is 0 Å². The van der Waals surface area contributed by atoms with E-state index in [4.69, 9.17) is 4.74 Å². The van der Waals surface area contributed by atoms with Crippen LogP contribution in [0, 0.1) is 5.92 Å². The zero-order valence-corrected chi connectivity index (χ0v) is 14.0. The average molecular weight is 329 g/mol. The zero-order valence-electron chi connectivity index (χ0n) is 14.0. The van der Waals surface area contributed by atoms with E-state index in [1.807, 2.05) is 12.1 Å². The standard InChI is InChI=1S/C17H23N5O2/c1-11(2)7-13-8-15(22-21-13)17(23)20-12-3-4-14(19-9-12)16-10-18-5-6-24-16/h3-4,8-9,11,16,18H,5-7,10H2,1-2H3,(H,20,23)(H,21,22). The molecule has 1 amide bonds. The molecule has 0 aromatic carbocycles. The quantitative estimate of drug-likeness (QED) is 0.779. The molecule has 24 heavy (non-hydrogen) atoms. The molecule has 0 spiro atoms. The van der Waals surface area contributed by atoms with Gasteiger partial charge in [-0.2, -0.15) is 5.10 Å². The maximum atomic E-state index is 12.3. The van der Waals surface area contributed by atoms with E-state index < -0.39 is 0 Å². The lowest BCUT2D eigenvalue weighted by molar-refractivity contribution is 0.0250. The Labute approximate surface area is 141 Å². The van der Waals surface area contributed by atoms with Crippen LogP contribution in [0.4, 0.5) is 5.69 Å². The lowest BCUT2D eigenvalue weighted by atomic mass is 10.1. The molecule has 3 heterocycles. The third-order valence-electron chi connectivity index (χ3n) is 3.79. The predicted octanol–water partition coefficient (Wildman–Crippen LogP) is 1.92. The number of hydrogen-bond donors (Lipinski definition) is 3. The Balaban J connectivity index is 1.60. The Morgan fingerprint density at radius 1 is 1.46 bits per heavy atom. The van der Waals surface area contributed by atoms with Crippen molar-refractivity contribution in [1.29, 1.82) is 0 Å². The molecule has 1 saturated heterocycles. The molecule has 1 atom stereocenters. The Bertz CT molecular complexity index is 675. The Morgan fingerprint density at radius 3 is 3.00 bits per heavy atom. The van der Waals surface area contributed by atoms with Crippen LogP contribution in [0.3, 0.4) is 0 Å². The molecular weight excluding hydrogens is 306 g/mol. The Kier molecular flexibility index (Phi) is 5.22. The van der Waals surface area contributed by atoms with Crippen LogP contribution < -0.4 is 10.6 Å². The minimum atomic E-state index is -0.220. The van der Waals surface area contributed by atoms with E-state index in [0.29, 0.717) is 23.9 Å². The van der Waals surface area contributed by atoms with Gasteiger partial charge in [-0.25, -0.2) is 0 Å². The first-order valence-corrected chi connectivity index (χ1v) is 8.25. The fourth-order valence-corrected chi connectivity index (χ4v) is 2.63. The summed E-state index contributed by atoms with van der Waals surface area (Å²) in [5, 5.41) is 13.1. The number of rotatable bonds is 5. The van der Waals surface area contributed by atoms with Crippen molar-refractivity contribution in [1.82, 2.24) is 20.5 Å². The van der Waals surface area contributed by atoms with Gasteiger partial charge in [-0.3, -0.25) is 14.9 Å². The van der Waals surface area contributed by atoms with E-state index >= 15 is 0 Å². The number of hydrogen-bond acceptors (Lipinski definition) is 5. The number of ether oxygens (including phenoxy) is 1. The zero-order chi connectivity index (χ0) is 16.9. The lowest BCUT2D eigenvalue weighted by Crippen LogP contribution is -2.33. The molecule has 1 unspecified atom stereocenters. The van der Waals surface area contributed by atoms with Crippen molar-refractivity contribution in [2.45, 2.75) is 26.4 Å². The van der Waals surface area contributed by atoms with Gasteiger partial charge in [0.2, 0.25) is 0 Å². The van der Waals surface area contributed by atoms with E-state index in [0.717, 1.165) is 30.9 Å². The fraction of sp³-hybridized carbons (Fsp3) is 0.471. The van der Waals surface area contributed by atoms with Crippen LogP contribution in [0.2, 0.25) is 0 Å². The average Bonchev–Trinajstić information content (AvgIpc) is 3.04. The molecule has 3 rings (SSSR count). The molecule has 1 fully saturated rings. The van der Waals surface area contributed by atoms with Crippen molar-refractivity contribution < 1.29 is 9.53 Å². The van der Waals surface area contributed by atoms with Crippen LogP contribution in [0.15, 0.2) is 24.4 Å². The second-order valence-corrected chi connectivity index (χ2v) is 6.36. The van der Waals surface area contributed by atoms with Gasteiger partial charge >= 0.3 is 0 Å². The van der Waals surface area contributed by atoms with Crippen molar-refractivity contribution in [2.24, 2.45) is 5.92 Å². The third-order valence-corrected chi connectivity index (χ3v) is 3.79. The number of anilines is 1. The highest BCUT2D eigenvalue weighted by Crippen LogP contribution is 2.18. The monoisotopic (exact) mass is 329 g/mol. The van der Waals surface area contributed by atoms with Crippen molar-refractivity contribution in [3.05, 3.63) is 41.5 Å². The van der Waals surface area contributed by atoms with Crippen LogP contribution in [0.5, 0.6) is 0 Å². The van der Waals surface area contributed by atoms with Gasteiger partial charge in [-0.05, 0) is 30.5 Å². The number of morpholine rings is 1. The van der Waals surface area contributed by atoms with E-state index in [1.165, 1.54) is 0 Å². The van der Waals surface area contributed by atoms with Crippen LogP contribution in [-0.2, 0) is 11.2 Å². The summed E-state index contributed by atoms with van der Waals surface area (Å²) in [6.45, 7) is 6.54. The van der Waals surface area contributed by atoms with Gasteiger partial charge in [-0.1, -0.05) is 13.8 Å². The van der Waals surface area contributed by atoms with Crippen molar-refractivity contribution in [2.75, 3.05) is 25.0 Å². The molecular formula is C17H23N5O2. The first-order valence-electron chi connectivity index (χ1n) is 8.25. The van der Waals surface area contributed by atoms with E-state index in [2.05, 4.69) is 39.7 Å². The summed E-state index contributed by atoms with van der Waals surface area (Å²) < 4.78 is 5.66. The van der Waals surface area contributed by atoms with Crippen LogP contribution in [0.1, 0.15) is 41.8 Å². The van der Waals surface area contributed by atoms with E-state index in [-0.39, 0.29) is 12.0 Å². The summed E-state index contributed by atoms with van der Waals surface area (Å²) in [7, 11) is 0. The summed E-state index contributed by atoms with van der Waals surface area (Å²) >= 11 is 0. The van der Waals surface area contributed by atoms with Gasteiger partial charge in [0.15, 0.2) is 0 Å². The summed E-state index contributed by atoms with van der Waals surface area (Å²) in [4.78, 5) is 16.6. The van der Waals surface area contributed by atoms with E-state index in [1.54, 1.807) is 12.3 Å². The molecule has 1 aliphatic rings. The molecule has 1 aliphatic heterocycles. The van der Waals surface area contributed by atoms with Gasteiger partial charge in [0.25, 0.3) is 5.91 Å². The van der Waals surface area contributed by atoms with Crippen LogP contribution in [-0.4, -0.2) is 40.8 Å². The predicted molar refractivity (Wildman–Crippen MR) is 90.9 cm³/mol. The first-order chi connectivity index (χ1) is 11.6. The minimum absolute atomic E-state index is 0.0327. The molecule has 2 aromatic heterocycles. The highest BCUT2D eigenvalue weighted by atomic mass is 16.5. The van der Waals surface area contributed by atoms with Gasteiger partial charge < -0.3 is 15.4 Å². The number of carbonyl (C=O) groups is 1. The number of H-pyrrole nitrogens is 1. The van der Waals surface area contributed by atoms with Gasteiger partial charge in [0.05, 0.1) is 29.9 Å². The Hall–Kier alpha value is -2.25. The number of aromatic nitrogens is 3. The van der Waals surface area contributed by atoms with Crippen LogP contribution in [0.25, 0.3) is 0 Å². The SMILES string of the molecule is CC(C)Cc1cc(C(=O)Nc2ccc(C3CNCCO3)nc2)[nH]n1. The van der Waals surface area contributed by atoms with Crippen molar-refractivity contribution in [3.63, 3.8) is 0 Å². The smallest absolute Gasteiger partial charge is 0.273 e. The maximum absolute atomic E-state index is 12.3. The highest BCUT2D eigenvalue weighted by Gasteiger charge is 2.17. The highest BCUT2D eigenvalue weighted by molar-refractivity contribution is 6.02. The number of pyridine rings is 1. The number of amides is 1. The van der Waals surface area contributed by atoms with Crippen molar-refractivity contribution in [3.8, 4) is 0 Å². The Morgan fingerprint density at radius 2 is 2.33 bits per heavy atom. The fourth-order valence-electron chi connectivity index (χ4n) is 2.63. The first kappa shape index (κ1) is 16.6. The molecule has 0 bridgehead atoms. The summed E-state index contributed by atoms with van der Waals surface area (Å²) in [6, 6.07) is 5.51. The topological polar surface area (TPSA) is 91.9 Å². The molecule has 3 N–H and O–H groups in total. The molecule has 2 aromatic rings. The largest absolute Gasteiger partial charge is 0.369 e. The molecule has 0 radical (unpaired) electrons. The maximum Gasteiger partial charge on any atom is 0.273 e. The van der Waals surface area contributed by atoms with E-state index in [9.17, 15) is 4.79 Å². The molecule has 0 aliphatic carbocycles. The molecule has 7 nitrogen and oxygen atoms in total. The van der Waals surface area contributed by atoms with Crippen molar-refractivity contribution >= 4 is 11.6 Å². The van der Waals surface area contributed by atoms with Gasteiger partial charge in [0, 0.05) is 13.1 Å². The summed E-state index contributed by atoms with van der Waals surface area (Å²) in [6.07, 6.45) is 2.46.